The average Bonchev–Trinajstić information content (AvgIpc) is 2.98. The average molecular weight is 534 g/mol. The van der Waals surface area contributed by atoms with Crippen LogP contribution in [0.3, 0.4) is 0 Å². The van der Waals surface area contributed by atoms with Crippen molar-refractivity contribution in [2.45, 2.75) is 20.0 Å². The molecule has 0 radical (unpaired) electrons. The van der Waals surface area contributed by atoms with Gasteiger partial charge in [-0.3, -0.25) is 4.98 Å². The molecule has 188 valence electrons. The molecule has 0 aliphatic rings. The van der Waals surface area contributed by atoms with Gasteiger partial charge in [-0.25, -0.2) is 9.79 Å². The number of benzene rings is 1. The molecule has 0 saturated carbocycles. The Hall–Kier alpha value is -2.72. The molecule has 0 aliphatic carbocycles. The van der Waals surface area contributed by atoms with E-state index in [1.165, 1.54) is 0 Å². The number of ether oxygens (including phenoxy) is 1. The number of carbonyl (C=O) groups excluding carboxylic acids is 1. The molecule has 34 heavy (non-hydrogen) atoms. The molecule has 0 spiro atoms. The molecule has 1 aromatic carbocycles. The molecule has 0 saturated heterocycles. The second kappa shape index (κ2) is 13.2. The Morgan fingerprint density at radius 2 is 1.94 bits per heavy atom. The number of guanidine groups is 1. The van der Waals surface area contributed by atoms with Crippen molar-refractivity contribution in [2.24, 2.45) is 23.5 Å². The minimum absolute atomic E-state index is 0. The van der Waals surface area contributed by atoms with Gasteiger partial charge >= 0.3 is 5.97 Å². The number of hydrogen-bond donors (Lipinski definition) is 3. The largest absolute Gasteiger partial charge is 0.507 e. The first kappa shape index (κ1) is 31.3. The monoisotopic (exact) mass is 532 g/mol. The summed E-state index contributed by atoms with van der Waals surface area (Å²) >= 11 is 0. The van der Waals surface area contributed by atoms with Crippen LogP contribution in [0.1, 0.15) is 28.5 Å². The zero-order valence-corrected chi connectivity index (χ0v) is 21.9. The second-order valence-corrected chi connectivity index (χ2v) is 7.47. The highest BCUT2D eigenvalue weighted by Gasteiger charge is 2.28. The Labute approximate surface area is 217 Å². The fourth-order valence-electron chi connectivity index (χ4n) is 3.69. The van der Waals surface area contributed by atoms with Crippen molar-refractivity contribution < 1.29 is 14.6 Å². The summed E-state index contributed by atoms with van der Waals surface area (Å²) in [7, 11) is 5.73. The summed E-state index contributed by atoms with van der Waals surface area (Å²) < 4.78 is 7.30. The van der Waals surface area contributed by atoms with Crippen molar-refractivity contribution in [3.63, 3.8) is 0 Å². The quantitative estimate of drug-likeness (QED) is 0.241. The number of aryl methyl sites for hydroxylation is 1. The number of rotatable bonds is 7. The third-order valence-corrected chi connectivity index (χ3v) is 5.02. The molecule has 3 aromatic rings. The molecule has 0 amide bonds. The van der Waals surface area contributed by atoms with Crippen LogP contribution in [-0.4, -0.2) is 52.2 Å². The van der Waals surface area contributed by atoms with Crippen LogP contribution in [0.5, 0.6) is 5.75 Å². The SMILES string of the molecule is CCOC(=O)c1c(CN(C)C)n(C)c2cc(-c3cccnc3)c(O)c(CN=C(N)N)c12.Cl.Cl.Cl. The number of aromatic nitrogens is 2. The van der Waals surface area contributed by atoms with E-state index in [1.807, 2.05) is 42.7 Å². The molecule has 0 aliphatic heterocycles. The van der Waals surface area contributed by atoms with Gasteiger partial charge in [0, 0.05) is 53.8 Å². The third kappa shape index (κ3) is 6.24. The van der Waals surface area contributed by atoms with Gasteiger partial charge in [0.25, 0.3) is 0 Å². The van der Waals surface area contributed by atoms with Crippen LogP contribution in [0, 0.1) is 0 Å². The summed E-state index contributed by atoms with van der Waals surface area (Å²) in [5.74, 6) is -0.566. The van der Waals surface area contributed by atoms with Crippen LogP contribution in [-0.2, 0) is 24.9 Å². The number of halogens is 3. The van der Waals surface area contributed by atoms with Crippen LogP contribution in [0.4, 0.5) is 0 Å². The molecule has 3 rings (SSSR count). The van der Waals surface area contributed by atoms with Crippen molar-refractivity contribution in [3.8, 4) is 16.9 Å². The maximum absolute atomic E-state index is 13.0. The number of phenolic OH excluding ortho intramolecular Hbond substituents is 1. The summed E-state index contributed by atoms with van der Waals surface area (Å²) in [6, 6.07) is 5.50. The molecule has 2 aromatic heterocycles. The van der Waals surface area contributed by atoms with E-state index in [1.54, 1.807) is 25.4 Å². The maximum atomic E-state index is 13.0. The van der Waals surface area contributed by atoms with E-state index in [9.17, 15) is 9.90 Å². The summed E-state index contributed by atoms with van der Waals surface area (Å²) in [6.45, 7) is 2.51. The second-order valence-electron chi connectivity index (χ2n) is 7.47. The van der Waals surface area contributed by atoms with Crippen molar-refractivity contribution in [1.29, 1.82) is 0 Å². The lowest BCUT2D eigenvalue weighted by molar-refractivity contribution is 0.0526. The van der Waals surface area contributed by atoms with E-state index >= 15 is 0 Å². The van der Waals surface area contributed by atoms with Crippen LogP contribution >= 0.6 is 37.2 Å². The normalized spacial score (nSPS) is 10.1. The molecular formula is C22H31Cl3N6O3. The molecule has 2 heterocycles. The number of nitrogens with two attached hydrogens (primary N) is 2. The Bertz CT molecular complexity index is 1150. The zero-order chi connectivity index (χ0) is 22.7. The van der Waals surface area contributed by atoms with Gasteiger partial charge in [0.15, 0.2) is 5.96 Å². The van der Waals surface area contributed by atoms with Gasteiger partial charge in [-0.2, -0.15) is 0 Å². The van der Waals surface area contributed by atoms with Gasteiger partial charge in [0.05, 0.1) is 24.2 Å². The first-order valence-electron chi connectivity index (χ1n) is 9.89. The number of pyridine rings is 1. The van der Waals surface area contributed by atoms with Crippen molar-refractivity contribution >= 4 is 60.1 Å². The van der Waals surface area contributed by atoms with Gasteiger partial charge in [0.1, 0.15) is 5.75 Å². The molecule has 0 fully saturated rings. The highest BCUT2D eigenvalue weighted by atomic mass is 35.5. The first-order valence-corrected chi connectivity index (χ1v) is 9.89. The van der Waals surface area contributed by atoms with Crippen LogP contribution in [0.25, 0.3) is 22.0 Å². The van der Waals surface area contributed by atoms with Gasteiger partial charge in [0.2, 0.25) is 0 Å². The van der Waals surface area contributed by atoms with E-state index < -0.39 is 5.97 Å². The molecule has 9 nitrogen and oxygen atoms in total. The predicted molar refractivity (Wildman–Crippen MR) is 142 cm³/mol. The molecule has 0 unspecified atom stereocenters. The van der Waals surface area contributed by atoms with Crippen LogP contribution in [0.15, 0.2) is 35.6 Å². The first-order chi connectivity index (χ1) is 14.8. The third-order valence-electron chi connectivity index (χ3n) is 5.02. The molecular weight excluding hydrogens is 503 g/mol. The highest BCUT2D eigenvalue weighted by molar-refractivity contribution is 6.09. The fourth-order valence-corrected chi connectivity index (χ4v) is 3.69. The zero-order valence-electron chi connectivity index (χ0n) is 19.4. The highest BCUT2D eigenvalue weighted by Crippen LogP contribution is 2.41. The topological polar surface area (TPSA) is 132 Å². The van der Waals surface area contributed by atoms with Crippen molar-refractivity contribution in [2.75, 3.05) is 20.7 Å². The number of fused-ring (bicyclic) bond motifs is 1. The Morgan fingerprint density at radius 1 is 1.26 bits per heavy atom. The molecule has 0 atom stereocenters. The number of aliphatic imine (C=N–C) groups is 1. The van der Waals surface area contributed by atoms with E-state index in [2.05, 4.69) is 9.98 Å². The predicted octanol–water partition coefficient (Wildman–Crippen LogP) is 3.22. The van der Waals surface area contributed by atoms with E-state index in [0.29, 0.717) is 28.6 Å². The van der Waals surface area contributed by atoms with Crippen LogP contribution < -0.4 is 11.5 Å². The number of nitrogens with zero attached hydrogens (tertiary/aromatic N) is 4. The van der Waals surface area contributed by atoms with E-state index in [4.69, 9.17) is 16.2 Å². The summed E-state index contributed by atoms with van der Waals surface area (Å²) in [6.07, 6.45) is 3.33. The Morgan fingerprint density at radius 3 is 2.47 bits per heavy atom. The van der Waals surface area contributed by atoms with Gasteiger partial charge in [-0.1, -0.05) is 6.07 Å². The lowest BCUT2D eigenvalue weighted by Crippen LogP contribution is -2.22. The number of aromatic hydroxyl groups is 1. The fraction of sp³-hybridized carbons (Fsp3) is 0.318. The lowest BCUT2D eigenvalue weighted by Gasteiger charge is -2.13. The molecule has 5 N–H and O–H groups in total. The standard InChI is InChI=1S/C22H28N6O3.3ClH/c1-5-31-21(30)19-17(12-27(2)3)28(4)16-9-14(13-7-6-8-25-10-13)20(29)15(18(16)19)11-26-22(23)24;;;/h6-10,29H,5,11-12H2,1-4H3,(H4,23,24,26);3*1H. The number of carbonyl (C=O) groups is 1. The number of esters is 1. The lowest BCUT2D eigenvalue weighted by atomic mass is 9.96. The smallest absolute Gasteiger partial charge is 0.340 e. The van der Waals surface area contributed by atoms with E-state index in [-0.39, 0.29) is 62.1 Å². The van der Waals surface area contributed by atoms with E-state index in [0.717, 1.165) is 16.8 Å². The number of phenols is 1. The molecule has 12 heteroatoms. The minimum Gasteiger partial charge on any atom is -0.507 e. The van der Waals surface area contributed by atoms with Gasteiger partial charge in [-0.05, 0) is 33.2 Å². The van der Waals surface area contributed by atoms with Gasteiger partial charge < -0.3 is 30.8 Å². The summed E-state index contributed by atoms with van der Waals surface area (Å²) in [5.41, 5.74) is 14.8. The maximum Gasteiger partial charge on any atom is 0.340 e. The number of hydrogen-bond acceptors (Lipinski definition) is 6. The van der Waals surface area contributed by atoms with Crippen LogP contribution in [0.2, 0.25) is 0 Å². The summed E-state index contributed by atoms with van der Waals surface area (Å²) in [4.78, 5) is 23.2. The Balaban J connectivity index is 0.00000363. The Kier molecular flexibility index (Phi) is 12.2. The summed E-state index contributed by atoms with van der Waals surface area (Å²) in [5, 5.41) is 11.8. The molecule has 0 bridgehead atoms. The van der Waals surface area contributed by atoms with Gasteiger partial charge in [-0.15, -0.1) is 37.2 Å². The minimum atomic E-state index is -0.454. The van der Waals surface area contributed by atoms with Crippen molar-refractivity contribution in [1.82, 2.24) is 14.5 Å². The van der Waals surface area contributed by atoms with Crippen molar-refractivity contribution in [3.05, 3.63) is 47.4 Å².